The van der Waals surface area contributed by atoms with E-state index in [9.17, 15) is 9.50 Å². The van der Waals surface area contributed by atoms with E-state index in [2.05, 4.69) is 5.16 Å². The van der Waals surface area contributed by atoms with E-state index in [1.165, 1.54) is 18.2 Å². The van der Waals surface area contributed by atoms with Crippen LogP contribution in [0.1, 0.15) is 5.76 Å². The van der Waals surface area contributed by atoms with E-state index in [0.29, 0.717) is 5.56 Å². The lowest BCUT2D eigenvalue weighted by Gasteiger charge is -1.98. The van der Waals surface area contributed by atoms with Gasteiger partial charge in [-0.2, -0.15) is 0 Å². The van der Waals surface area contributed by atoms with Crippen LogP contribution in [0, 0.1) is 12.7 Å². The molecule has 0 saturated heterocycles. The van der Waals surface area contributed by atoms with E-state index in [0.717, 1.165) is 0 Å². The van der Waals surface area contributed by atoms with Gasteiger partial charge in [0.25, 0.3) is 0 Å². The Morgan fingerprint density at radius 2 is 2.13 bits per heavy atom. The fourth-order valence-corrected chi connectivity index (χ4v) is 1.47. The summed E-state index contributed by atoms with van der Waals surface area (Å²) in [5.74, 6) is -0.306. The molecule has 0 fully saturated rings. The molecule has 1 aromatic carbocycles. The van der Waals surface area contributed by atoms with Crippen LogP contribution in [0.5, 0.6) is 5.75 Å². The van der Waals surface area contributed by atoms with Gasteiger partial charge in [0.15, 0.2) is 17.2 Å². The van der Waals surface area contributed by atoms with Gasteiger partial charge >= 0.3 is 0 Å². The molecule has 1 aromatic heterocycles. The first-order valence-electron chi connectivity index (χ1n) is 4.19. The highest BCUT2D eigenvalue weighted by Gasteiger charge is 2.14. The molecule has 78 valence electrons. The summed E-state index contributed by atoms with van der Waals surface area (Å²) in [5, 5.41) is 13.4. The molecule has 0 spiro atoms. The number of hydrogen-bond acceptors (Lipinski definition) is 3. The number of aromatic hydroxyl groups is 1. The van der Waals surface area contributed by atoms with Crippen molar-refractivity contribution in [3.63, 3.8) is 0 Å². The third kappa shape index (κ3) is 1.80. The van der Waals surface area contributed by atoms with Crippen LogP contribution in [-0.2, 0) is 0 Å². The van der Waals surface area contributed by atoms with Gasteiger partial charge in [-0.3, -0.25) is 0 Å². The number of hydrogen-bond donors (Lipinski definition) is 1. The highest BCUT2D eigenvalue weighted by Crippen LogP contribution is 2.32. The Bertz CT molecular complexity index is 490. The second-order valence-electron chi connectivity index (χ2n) is 3.09. The molecule has 2 aromatic rings. The molecular weight excluding hydrogens is 221 g/mol. The van der Waals surface area contributed by atoms with Crippen molar-refractivity contribution in [2.75, 3.05) is 0 Å². The molecule has 1 N–H and O–H groups in total. The summed E-state index contributed by atoms with van der Waals surface area (Å²) in [6.07, 6.45) is 0. The molecule has 15 heavy (non-hydrogen) atoms. The maximum absolute atomic E-state index is 13.0. The van der Waals surface area contributed by atoms with Crippen LogP contribution in [0.15, 0.2) is 22.7 Å². The summed E-state index contributed by atoms with van der Waals surface area (Å²) in [6.45, 7) is 1.56. The van der Waals surface area contributed by atoms with Gasteiger partial charge in [-0.1, -0.05) is 16.8 Å². The minimum atomic E-state index is -0.488. The summed E-state index contributed by atoms with van der Waals surface area (Å²) >= 11 is 5.68. The Kier molecular flexibility index (Phi) is 2.36. The first-order chi connectivity index (χ1) is 7.08. The average Bonchev–Trinajstić information content (AvgIpc) is 2.46. The van der Waals surface area contributed by atoms with E-state index in [-0.39, 0.29) is 22.2 Å². The lowest BCUT2D eigenvalue weighted by atomic mass is 10.1. The molecule has 0 unspecified atom stereocenters. The molecule has 1 heterocycles. The number of rotatable bonds is 1. The van der Waals surface area contributed by atoms with Crippen molar-refractivity contribution in [1.29, 1.82) is 0 Å². The van der Waals surface area contributed by atoms with Gasteiger partial charge in [0, 0.05) is 17.5 Å². The van der Waals surface area contributed by atoms with Gasteiger partial charge in [0.1, 0.15) is 5.82 Å². The topological polar surface area (TPSA) is 46.3 Å². The van der Waals surface area contributed by atoms with Gasteiger partial charge in [0.2, 0.25) is 0 Å². The Morgan fingerprint density at radius 1 is 1.40 bits per heavy atom. The lowest BCUT2D eigenvalue weighted by Crippen LogP contribution is -1.81. The minimum Gasteiger partial charge on any atom is -0.503 e. The second kappa shape index (κ2) is 3.55. The molecule has 0 bridgehead atoms. The van der Waals surface area contributed by atoms with Crippen molar-refractivity contribution in [2.45, 2.75) is 6.92 Å². The largest absolute Gasteiger partial charge is 0.503 e. The van der Waals surface area contributed by atoms with Crippen molar-refractivity contribution < 1.29 is 14.0 Å². The molecule has 0 aliphatic carbocycles. The number of aryl methyl sites for hydroxylation is 1. The number of aromatic nitrogens is 1. The highest BCUT2D eigenvalue weighted by molar-refractivity contribution is 6.30. The van der Waals surface area contributed by atoms with Crippen LogP contribution in [-0.4, -0.2) is 10.3 Å². The van der Waals surface area contributed by atoms with Crippen molar-refractivity contribution in [3.8, 4) is 17.0 Å². The normalized spacial score (nSPS) is 10.6. The van der Waals surface area contributed by atoms with Crippen LogP contribution in [0.25, 0.3) is 11.3 Å². The molecule has 0 radical (unpaired) electrons. The monoisotopic (exact) mass is 227 g/mol. The van der Waals surface area contributed by atoms with Crippen molar-refractivity contribution in [3.05, 3.63) is 34.8 Å². The summed E-state index contributed by atoms with van der Waals surface area (Å²) in [5.41, 5.74) is 0.572. The summed E-state index contributed by atoms with van der Waals surface area (Å²) in [7, 11) is 0. The van der Waals surface area contributed by atoms with Crippen LogP contribution >= 0.6 is 11.6 Å². The van der Waals surface area contributed by atoms with E-state index in [4.69, 9.17) is 16.1 Å². The maximum atomic E-state index is 13.0. The van der Waals surface area contributed by atoms with Crippen molar-refractivity contribution in [1.82, 2.24) is 5.16 Å². The Hall–Kier alpha value is -1.55. The first kappa shape index (κ1) is 9.98. The molecule has 5 heteroatoms. The number of halogens is 2. The van der Waals surface area contributed by atoms with Crippen LogP contribution < -0.4 is 0 Å². The van der Waals surface area contributed by atoms with Crippen LogP contribution in [0.3, 0.4) is 0 Å². The van der Waals surface area contributed by atoms with Crippen molar-refractivity contribution in [2.24, 2.45) is 0 Å². The molecule has 0 aliphatic heterocycles. The fourth-order valence-electron chi connectivity index (χ4n) is 1.25. The SMILES string of the molecule is Cc1onc(-c2cc(F)cc(Cl)c2)c1O. The predicted octanol–water partition coefficient (Wildman–Crippen LogP) is 3.15. The molecular formula is C10H7ClFNO2. The van der Waals surface area contributed by atoms with Gasteiger partial charge in [-0.25, -0.2) is 4.39 Å². The van der Waals surface area contributed by atoms with E-state index < -0.39 is 5.82 Å². The maximum Gasteiger partial charge on any atom is 0.186 e. The Balaban J connectivity index is 2.58. The highest BCUT2D eigenvalue weighted by atomic mass is 35.5. The van der Waals surface area contributed by atoms with Crippen molar-refractivity contribution >= 4 is 11.6 Å². The van der Waals surface area contributed by atoms with Gasteiger partial charge in [-0.05, 0) is 18.2 Å². The molecule has 2 rings (SSSR count). The zero-order chi connectivity index (χ0) is 11.0. The molecule has 3 nitrogen and oxygen atoms in total. The summed E-state index contributed by atoms with van der Waals surface area (Å²) < 4.78 is 17.8. The third-order valence-electron chi connectivity index (χ3n) is 1.97. The average molecular weight is 228 g/mol. The molecule has 0 aliphatic rings. The quantitative estimate of drug-likeness (QED) is 0.814. The predicted molar refractivity (Wildman–Crippen MR) is 53.3 cm³/mol. The van der Waals surface area contributed by atoms with Gasteiger partial charge in [0.05, 0.1) is 0 Å². The van der Waals surface area contributed by atoms with Gasteiger partial charge < -0.3 is 9.63 Å². The minimum absolute atomic E-state index is 0.100. The Labute approximate surface area is 90.1 Å². The van der Waals surface area contributed by atoms with Crippen LogP contribution in [0.2, 0.25) is 5.02 Å². The Morgan fingerprint density at radius 3 is 2.67 bits per heavy atom. The fraction of sp³-hybridized carbons (Fsp3) is 0.100. The van der Waals surface area contributed by atoms with E-state index >= 15 is 0 Å². The summed E-state index contributed by atoms with van der Waals surface area (Å²) in [6, 6.07) is 3.90. The number of nitrogens with zero attached hydrogens (tertiary/aromatic N) is 1. The zero-order valence-electron chi connectivity index (χ0n) is 7.79. The van der Waals surface area contributed by atoms with E-state index in [1.807, 2.05) is 0 Å². The zero-order valence-corrected chi connectivity index (χ0v) is 8.55. The standard InChI is InChI=1S/C10H7ClFNO2/c1-5-10(14)9(13-15-5)6-2-7(11)4-8(12)3-6/h2-4,14H,1H3. The van der Waals surface area contributed by atoms with E-state index in [1.54, 1.807) is 6.92 Å². The smallest absolute Gasteiger partial charge is 0.186 e. The van der Waals surface area contributed by atoms with Gasteiger partial charge in [-0.15, -0.1) is 0 Å². The molecule has 0 saturated carbocycles. The number of benzene rings is 1. The lowest BCUT2D eigenvalue weighted by molar-refractivity contribution is 0.384. The molecule has 0 amide bonds. The summed E-state index contributed by atoms with van der Waals surface area (Å²) in [4.78, 5) is 0. The first-order valence-corrected chi connectivity index (χ1v) is 4.57. The van der Waals surface area contributed by atoms with Crippen LogP contribution in [0.4, 0.5) is 4.39 Å². The second-order valence-corrected chi connectivity index (χ2v) is 3.53. The molecule has 0 atom stereocenters. The third-order valence-corrected chi connectivity index (χ3v) is 2.19.